The summed E-state index contributed by atoms with van der Waals surface area (Å²) in [5.41, 5.74) is 1.04. The Labute approximate surface area is 149 Å². The lowest BCUT2D eigenvalue weighted by molar-refractivity contribution is -0.140. The van der Waals surface area contributed by atoms with Crippen molar-refractivity contribution in [2.24, 2.45) is 5.92 Å². The van der Waals surface area contributed by atoms with Crippen molar-refractivity contribution in [1.29, 1.82) is 0 Å². The lowest BCUT2D eigenvalue weighted by Gasteiger charge is -2.24. The van der Waals surface area contributed by atoms with Gasteiger partial charge in [-0.05, 0) is 18.4 Å². The number of cyclic esters (lactones) is 1. The fourth-order valence-electron chi connectivity index (χ4n) is 3.20. The summed E-state index contributed by atoms with van der Waals surface area (Å²) in [6, 6.07) is 9.34. The van der Waals surface area contributed by atoms with E-state index < -0.39 is 17.9 Å². The second-order valence-electron chi connectivity index (χ2n) is 6.50. The Morgan fingerprint density at radius 2 is 1.92 bits per heavy atom. The zero-order valence-electron chi connectivity index (χ0n) is 15.1. The monoisotopic (exact) mass is 345 g/mol. The number of ketones is 1. The van der Waals surface area contributed by atoms with E-state index in [1.54, 1.807) is 6.92 Å². The molecule has 1 saturated heterocycles. The standard InChI is InChI=1S/C20H27NO4/c1-3-5-7-12-17(18(22)4-2)19(23)21-16(14-25-20(21)24)13-15-10-8-6-9-11-15/h6,8-11,16-17H,3-5,7,12-14H2,1-2H3/t16-,17+/m0/s1. The number of ether oxygens (including phenoxy) is 1. The van der Waals surface area contributed by atoms with Crippen molar-refractivity contribution in [2.75, 3.05) is 6.61 Å². The Morgan fingerprint density at radius 3 is 2.56 bits per heavy atom. The fourth-order valence-corrected chi connectivity index (χ4v) is 3.20. The van der Waals surface area contributed by atoms with Gasteiger partial charge in [0.1, 0.15) is 12.4 Å². The predicted molar refractivity (Wildman–Crippen MR) is 95.1 cm³/mol. The number of hydrogen-bond acceptors (Lipinski definition) is 4. The number of imide groups is 1. The van der Waals surface area contributed by atoms with Gasteiger partial charge in [-0.15, -0.1) is 0 Å². The fraction of sp³-hybridized carbons (Fsp3) is 0.550. The van der Waals surface area contributed by atoms with Crippen LogP contribution in [0.4, 0.5) is 4.79 Å². The molecule has 0 N–H and O–H groups in total. The van der Waals surface area contributed by atoms with Gasteiger partial charge in [0.2, 0.25) is 5.91 Å². The Kier molecular flexibility index (Phi) is 7.16. The van der Waals surface area contributed by atoms with Crippen molar-refractivity contribution in [3.05, 3.63) is 35.9 Å². The normalized spacial score (nSPS) is 18.1. The van der Waals surface area contributed by atoms with E-state index in [9.17, 15) is 14.4 Å². The number of carbonyl (C=O) groups excluding carboxylic acids is 3. The summed E-state index contributed by atoms with van der Waals surface area (Å²) in [6.45, 7) is 4.01. The van der Waals surface area contributed by atoms with E-state index in [0.29, 0.717) is 19.3 Å². The molecule has 1 aliphatic rings. The highest BCUT2D eigenvalue weighted by atomic mass is 16.6. The largest absolute Gasteiger partial charge is 0.447 e. The highest BCUT2D eigenvalue weighted by Gasteiger charge is 2.42. The average molecular weight is 345 g/mol. The van der Waals surface area contributed by atoms with Gasteiger partial charge in [-0.3, -0.25) is 9.59 Å². The van der Waals surface area contributed by atoms with Crippen molar-refractivity contribution in [3.63, 3.8) is 0 Å². The van der Waals surface area contributed by atoms with Crippen LogP contribution >= 0.6 is 0 Å². The van der Waals surface area contributed by atoms with E-state index in [1.165, 1.54) is 4.90 Å². The van der Waals surface area contributed by atoms with Gasteiger partial charge in [0.05, 0.1) is 12.0 Å². The maximum atomic E-state index is 13.0. The third-order valence-corrected chi connectivity index (χ3v) is 4.64. The van der Waals surface area contributed by atoms with Gasteiger partial charge in [0, 0.05) is 6.42 Å². The molecule has 1 aromatic rings. The smallest absolute Gasteiger partial charge is 0.417 e. The van der Waals surface area contributed by atoms with Crippen LogP contribution in [0.25, 0.3) is 0 Å². The third kappa shape index (κ3) is 4.91. The zero-order chi connectivity index (χ0) is 18.2. The van der Waals surface area contributed by atoms with Crippen molar-refractivity contribution >= 4 is 17.8 Å². The van der Waals surface area contributed by atoms with Crippen LogP contribution < -0.4 is 0 Å². The van der Waals surface area contributed by atoms with Crippen LogP contribution in [-0.2, 0) is 20.7 Å². The summed E-state index contributed by atoms with van der Waals surface area (Å²) in [7, 11) is 0. The van der Waals surface area contributed by atoms with Crippen molar-refractivity contribution in [1.82, 2.24) is 4.90 Å². The lowest BCUT2D eigenvalue weighted by atomic mass is 9.93. The minimum absolute atomic E-state index is 0.0979. The highest BCUT2D eigenvalue weighted by molar-refractivity contribution is 6.06. The molecule has 2 rings (SSSR count). The van der Waals surface area contributed by atoms with Crippen molar-refractivity contribution < 1.29 is 19.1 Å². The first-order valence-corrected chi connectivity index (χ1v) is 9.14. The van der Waals surface area contributed by atoms with Gasteiger partial charge in [-0.2, -0.15) is 0 Å². The number of benzene rings is 1. The quantitative estimate of drug-likeness (QED) is 0.505. The lowest BCUT2D eigenvalue weighted by Crippen LogP contribution is -2.45. The Morgan fingerprint density at radius 1 is 1.20 bits per heavy atom. The molecule has 5 heteroatoms. The van der Waals surface area contributed by atoms with Crippen LogP contribution in [0.5, 0.6) is 0 Å². The van der Waals surface area contributed by atoms with Crippen molar-refractivity contribution in [3.8, 4) is 0 Å². The number of unbranched alkanes of at least 4 members (excludes halogenated alkanes) is 2. The van der Waals surface area contributed by atoms with Crippen LogP contribution in [0.2, 0.25) is 0 Å². The summed E-state index contributed by atoms with van der Waals surface area (Å²) >= 11 is 0. The number of amides is 2. The molecule has 1 fully saturated rings. The number of Topliss-reactive ketones (excluding diaryl/α,β-unsaturated/α-hetero) is 1. The first-order valence-electron chi connectivity index (χ1n) is 9.14. The second kappa shape index (κ2) is 9.35. The summed E-state index contributed by atoms with van der Waals surface area (Å²) in [5, 5.41) is 0. The van der Waals surface area contributed by atoms with Crippen molar-refractivity contribution in [2.45, 2.75) is 58.4 Å². The number of nitrogens with zero attached hydrogens (tertiary/aromatic N) is 1. The maximum Gasteiger partial charge on any atom is 0.417 e. The summed E-state index contributed by atoms with van der Waals surface area (Å²) in [6.07, 6.45) is 3.51. The molecule has 0 spiro atoms. The van der Waals surface area contributed by atoms with E-state index >= 15 is 0 Å². The van der Waals surface area contributed by atoms with E-state index in [4.69, 9.17) is 4.74 Å². The molecule has 136 valence electrons. The molecule has 0 bridgehead atoms. The summed E-state index contributed by atoms with van der Waals surface area (Å²) < 4.78 is 5.12. The SMILES string of the molecule is CCCCC[C@H](C(=O)CC)C(=O)N1C(=O)OC[C@@H]1Cc1ccccc1. The molecular weight excluding hydrogens is 318 g/mol. The minimum Gasteiger partial charge on any atom is -0.447 e. The topological polar surface area (TPSA) is 63.7 Å². The zero-order valence-corrected chi connectivity index (χ0v) is 15.1. The average Bonchev–Trinajstić information content (AvgIpc) is 2.99. The first-order chi connectivity index (χ1) is 12.1. The predicted octanol–water partition coefficient (Wildman–Crippen LogP) is 3.75. The Bertz CT molecular complexity index is 599. The third-order valence-electron chi connectivity index (χ3n) is 4.64. The molecule has 5 nitrogen and oxygen atoms in total. The second-order valence-corrected chi connectivity index (χ2v) is 6.50. The molecule has 0 saturated carbocycles. The van der Waals surface area contributed by atoms with E-state index in [0.717, 1.165) is 24.8 Å². The van der Waals surface area contributed by atoms with Gasteiger partial charge in [-0.1, -0.05) is 63.4 Å². The van der Waals surface area contributed by atoms with Gasteiger partial charge in [0.15, 0.2) is 0 Å². The molecule has 1 heterocycles. The maximum absolute atomic E-state index is 13.0. The number of hydrogen-bond donors (Lipinski definition) is 0. The van der Waals surface area contributed by atoms with E-state index in [2.05, 4.69) is 6.92 Å². The summed E-state index contributed by atoms with van der Waals surface area (Å²) in [4.78, 5) is 38.5. The van der Waals surface area contributed by atoms with Crippen LogP contribution in [0.3, 0.4) is 0 Å². The number of carbonyl (C=O) groups is 3. The molecule has 25 heavy (non-hydrogen) atoms. The molecular formula is C20H27NO4. The highest BCUT2D eigenvalue weighted by Crippen LogP contribution is 2.23. The van der Waals surface area contributed by atoms with Crippen LogP contribution in [0.15, 0.2) is 30.3 Å². The molecule has 2 amide bonds. The van der Waals surface area contributed by atoms with Crippen LogP contribution in [0.1, 0.15) is 51.5 Å². The molecule has 2 atom stereocenters. The first kappa shape index (κ1) is 19.2. The van der Waals surface area contributed by atoms with E-state index in [1.807, 2.05) is 30.3 Å². The van der Waals surface area contributed by atoms with Gasteiger partial charge >= 0.3 is 6.09 Å². The van der Waals surface area contributed by atoms with Gasteiger partial charge in [-0.25, -0.2) is 9.69 Å². The van der Waals surface area contributed by atoms with Gasteiger partial charge < -0.3 is 4.74 Å². The molecule has 0 radical (unpaired) electrons. The number of rotatable bonds is 9. The van der Waals surface area contributed by atoms with Crippen LogP contribution in [0, 0.1) is 5.92 Å². The minimum atomic E-state index is -0.736. The summed E-state index contributed by atoms with van der Waals surface area (Å²) in [5.74, 6) is -1.23. The molecule has 1 aliphatic heterocycles. The molecule has 1 aromatic carbocycles. The Balaban J connectivity index is 2.13. The molecule has 0 unspecified atom stereocenters. The van der Waals surface area contributed by atoms with E-state index in [-0.39, 0.29) is 18.4 Å². The molecule has 0 aliphatic carbocycles. The molecule has 0 aromatic heterocycles. The van der Waals surface area contributed by atoms with Crippen LogP contribution in [-0.4, -0.2) is 35.3 Å². The van der Waals surface area contributed by atoms with Gasteiger partial charge in [0.25, 0.3) is 0 Å². The Hall–Kier alpha value is -2.17.